The third-order valence-electron chi connectivity index (χ3n) is 5.42. The van der Waals surface area contributed by atoms with Crippen LogP contribution in [0.5, 0.6) is 0 Å². The second-order valence-electron chi connectivity index (χ2n) is 7.50. The number of pyridine rings is 1. The van der Waals surface area contributed by atoms with E-state index in [4.69, 9.17) is 5.41 Å². The summed E-state index contributed by atoms with van der Waals surface area (Å²) in [6, 6.07) is 4.75. The van der Waals surface area contributed by atoms with Crippen molar-refractivity contribution >= 4 is 24.2 Å². The highest BCUT2D eigenvalue weighted by molar-refractivity contribution is 8.02. The molecule has 1 aromatic heterocycles. The first-order valence-electron chi connectivity index (χ1n) is 10.1. The molecule has 1 aromatic rings. The van der Waals surface area contributed by atoms with Crippen LogP contribution >= 0.6 is 11.8 Å². The number of hydrogen-bond donors (Lipinski definition) is 2. The van der Waals surface area contributed by atoms with Crippen LogP contribution in [0.2, 0.25) is 0 Å². The fourth-order valence-electron chi connectivity index (χ4n) is 3.97. The first-order chi connectivity index (χ1) is 14.3. The molecule has 0 radical (unpaired) electrons. The Bertz CT molecular complexity index is 904. The van der Waals surface area contributed by atoms with Gasteiger partial charge in [0.1, 0.15) is 5.82 Å². The topological polar surface area (TPSA) is 64.4 Å². The summed E-state index contributed by atoms with van der Waals surface area (Å²) in [5, 5.41) is 13.1. The van der Waals surface area contributed by atoms with Crippen LogP contribution in [0.3, 0.4) is 0 Å². The first kappa shape index (κ1) is 19.7. The van der Waals surface area contributed by atoms with E-state index in [2.05, 4.69) is 44.7 Å². The molecule has 150 valence electrons. The number of nitrogens with zero attached hydrogens (tertiary/aromatic N) is 3. The number of allylic oxidation sites excluding steroid dienone is 3. The second-order valence-corrected chi connectivity index (χ2v) is 8.35. The third kappa shape index (κ3) is 4.70. The Morgan fingerprint density at radius 3 is 2.86 bits per heavy atom. The summed E-state index contributed by atoms with van der Waals surface area (Å²) in [5.74, 6) is 1.49. The van der Waals surface area contributed by atoms with Crippen molar-refractivity contribution in [3.8, 4) is 0 Å². The van der Waals surface area contributed by atoms with Gasteiger partial charge in [0.05, 0.1) is 6.04 Å². The van der Waals surface area contributed by atoms with Gasteiger partial charge in [-0.3, -0.25) is 4.98 Å². The van der Waals surface area contributed by atoms with E-state index in [9.17, 15) is 0 Å². The largest absolute Gasteiger partial charge is 0.364 e. The summed E-state index contributed by atoms with van der Waals surface area (Å²) < 4.78 is 0. The maximum atomic E-state index is 7.72. The number of aliphatic imine (C=N–C) groups is 1. The molecular formula is C23H27N5S. The molecule has 2 aliphatic heterocycles. The highest BCUT2D eigenvalue weighted by Gasteiger charge is 2.32. The van der Waals surface area contributed by atoms with Gasteiger partial charge in [0.25, 0.3) is 0 Å². The summed E-state index contributed by atoms with van der Waals surface area (Å²) in [6.45, 7) is 3.34. The van der Waals surface area contributed by atoms with E-state index >= 15 is 0 Å². The lowest BCUT2D eigenvalue weighted by Crippen LogP contribution is -2.23. The number of nitrogens with one attached hydrogen (secondary N) is 2. The van der Waals surface area contributed by atoms with Gasteiger partial charge >= 0.3 is 0 Å². The van der Waals surface area contributed by atoms with Crippen LogP contribution in [-0.4, -0.2) is 34.6 Å². The smallest absolute Gasteiger partial charge is 0.135 e. The van der Waals surface area contributed by atoms with Crippen molar-refractivity contribution in [1.82, 2.24) is 15.2 Å². The highest BCUT2D eigenvalue weighted by atomic mass is 32.2. The molecule has 5 nitrogen and oxygen atoms in total. The van der Waals surface area contributed by atoms with Gasteiger partial charge in [-0.05, 0) is 72.9 Å². The van der Waals surface area contributed by atoms with Crippen molar-refractivity contribution in [1.29, 1.82) is 5.41 Å². The van der Waals surface area contributed by atoms with Crippen LogP contribution in [-0.2, 0) is 0 Å². The average molecular weight is 406 g/mol. The summed E-state index contributed by atoms with van der Waals surface area (Å²) in [4.78, 5) is 11.1. The minimum atomic E-state index is 0.446. The molecule has 29 heavy (non-hydrogen) atoms. The van der Waals surface area contributed by atoms with Crippen molar-refractivity contribution < 1.29 is 0 Å². The van der Waals surface area contributed by atoms with E-state index in [1.54, 1.807) is 23.5 Å². The Balaban J connectivity index is 1.49. The molecule has 1 aliphatic carbocycles. The lowest BCUT2D eigenvalue weighted by Gasteiger charge is -2.30. The number of hydrogen-bond acceptors (Lipinski definition) is 6. The summed E-state index contributed by atoms with van der Waals surface area (Å²) in [7, 11) is 0. The molecule has 3 heterocycles. The van der Waals surface area contributed by atoms with Crippen molar-refractivity contribution in [3.63, 3.8) is 0 Å². The molecule has 6 heteroatoms. The van der Waals surface area contributed by atoms with Gasteiger partial charge in [0.15, 0.2) is 0 Å². The van der Waals surface area contributed by atoms with Crippen molar-refractivity contribution in [2.24, 2.45) is 4.99 Å². The van der Waals surface area contributed by atoms with E-state index in [0.29, 0.717) is 6.04 Å². The van der Waals surface area contributed by atoms with Crippen LogP contribution in [0.25, 0.3) is 0 Å². The Labute approximate surface area is 176 Å². The fourth-order valence-corrected chi connectivity index (χ4v) is 4.81. The van der Waals surface area contributed by atoms with E-state index in [1.807, 2.05) is 24.7 Å². The quantitative estimate of drug-likeness (QED) is 0.630. The molecule has 1 saturated carbocycles. The molecular weight excluding hydrogens is 378 g/mol. The maximum absolute atomic E-state index is 7.72. The molecule has 4 rings (SSSR count). The predicted octanol–water partition coefficient (Wildman–Crippen LogP) is 4.95. The van der Waals surface area contributed by atoms with Gasteiger partial charge in [-0.1, -0.05) is 0 Å². The zero-order chi connectivity index (χ0) is 20.1. The SMILES string of the molecule is C/C(=C\SC/C(C=N)=C1\N=CC=CN1)C(=C1CC1)N1CCCC1c1ccncc1. The number of likely N-dealkylation sites (tertiary alicyclic amines) is 1. The van der Waals surface area contributed by atoms with Gasteiger partial charge in [-0.15, -0.1) is 11.8 Å². The monoisotopic (exact) mass is 405 g/mol. The average Bonchev–Trinajstić information content (AvgIpc) is 3.48. The molecule has 1 saturated heterocycles. The van der Waals surface area contributed by atoms with E-state index in [-0.39, 0.29) is 0 Å². The lowest BCUT2D eigenvalue weighted by atomic mass is 10.0. The first-order valence-corrected chi connectivity index (χ1v) is 11.2. The second kappa shape index (κ2) is 9.27. The van der Waals surface area contributed by atoms with E-state index in [1.165, 1.54) is 48.7 Å². The summed E-state index contributed by atoms with van der Waals surface area (Å²) >= 11 is 1.74. The van der Waals surface area contributed by atoms with Crippen LogP contribution in [0.15, 0.2) is 75.4 Å². The van der Waals surface area contributed by atoms with Gasteiger partial charge in [0, 0.05) is 54.6 Å². The molecule has 0 amide bonds. The number of thioether (sulfide) groups is 1. The van der Waals surface area contributed by atoms with Gasteiger partial charge in [-0.2, -0.15) is 0 Å². The minimum absolute atomic E-state index is 0.446. The molecule has 2 N–H and O–H groups in total. The van der Waals surface area contributed by atoms with Crippen LogP contribution < -0.4 is 5.32 Å². The normalized spacial score (nSPS) is 22.5. The molecule has 3 aliphatic rings. The van der Waals surface area contributed by atoms with E-state index < -0.39 is 0 Å². The van der Waals surface area contributed by atoms with Crippen LogP contribution in [0.4, 0.5) is 0 Å². The highest BCUT2D eigenvalue weighted by Crippen LogP contribution is 2.43. The van der Waals surface area contributed by atoms with Gasteiger partial charge < -0.3 is 15.6 Å². The molecule has 1 unspecified atom stereocenters. The van der Waals surface area contributed by atoms with Gasteiger partial charge in [0.2, 0.25) is 0 Å². The number of aromatic nitrogens is 1. The molecule has 0 bridgehead atoms. The Kier molecular flexibility index (Phi) is 6.30. The van der Waals surface area contributed by atoms with Gasteiger partial charge in [-0.25, -0.2) is 4.99 Å². The van der Waals surface area contributed by atoms with E-state index in [0.717, 1.165) is 23.7 Å². The fraction of sp³-hybridized carbons (Fsp3) is 0.348. The zero-order valence-corrected chi connectivity index (χ0v) is 17.6. The molecule has 0 aromatic carbocycles. The maximum Gasteiger partial charge on any atom is 0.135 e. The molecule has 0 spiro atoms. The summed E-state index contributed by atoms with van der Waals surface area (Å²) in [5.41, 5.74) is 6.61. The Morgan fingerprint density at radius 2 is 2.17 bits per heavy atom. The molecule has 2 fully saturated rings. The van der Waals surface area contributed by atoms with Crippen LogP contribution in [0, 0.1) is 5.41 Å². The van der Waals surface area contributed by atoms with Crippen molar-refractivity contribution in [2.75, 3.05) is 12.3 Å². The standard InChI is InChI=1S/C23H27N5S/c1-17(15-29-16-20(14-24)23-26-9-3-10-27-23)22(19-5-6-19)28-13-2-4-21(28)18-7-11-25-12-8-18/h3,7-12,14-15,21,24,26H,2,4-6,13,16H2,1H3/b17-15+,23-20-,24-14?. The zero-order valence-electron chi connectivity index (χ0n) is 16.8. The minimum Gasteiger partial charge on any atom is -0.364 e. The summed E-state index contributed by atoms with van der Waals surface area (Å²) in [6.07, 6.45) is 15.5. The third-order valence-corrected chi connectivity index (χ3v) is 6.42. The Morgan fingerprint density at radius 1 is 1.34 bits per heavy atom. The lowest BCUT2D eigenvalue weighted by molar-refractivity contribution is 0.331. The predicted molar refractivity (Wildman–Crippen MR) is 122 cm³/mol. The van der Waals surface area contributed by atoms with Crippen molar-refractivity contribution in [3.05, 3.63) is 76.0 Å². The Hall–Kier alpha value is -2.60. The molecule has 1 atom stereocenters. The van der Waals surface area contributed by atoms with Crippen LogP contribution in [0.1, 0.15) is 44.2 Å². The number of rotatable bonds is 7. The van der Waals surface area contributed by atoms with Crippen molar-refractivity contribution in [2.45, 2.75) is 38.6 Å².